The normalized spacial score (nSPS) is 56.9. The van der Waals surface area contributed by atoms with Gasteiger partial charge >= 0.3 is 0 Å². The smallest absolute Gasteiger partial charge is 0.212 e. The van der Waals surface area contributed by atoms with Crippen molar-refractivity contribution in [2.75, 3.05) is 0 Å². The van der Waals surface area contributed by atoms with Gasteiger partial charge in [0, 0.05) is 23.3 Å². The van der Waals surface area contributed by atoms with Crippen molar-refractivity contribution in [3.8, 4) is 0 Å². The summed E-state index contributed by atoms with van der Waals surface area (Å²) in [5, 5.41) is 10.3. The zero-order valence-corrected chi connectivity index (χ0v) is 13.7. The average Bonchev–Trinajstić information content (AvgIpc) is 2.70. The molecule has 0 saturated heterocycles. The summed E-state index contributed by atoms with van der Waals surface area (Å²) < 4.78 is 14.7. The number of halogens is 1. The summed E-state index contributed by atoms with van der Waals surface area (Å²) in [6, 6.07) is 0.146. The molecule has 0 aliphatic heterocycles. The summed E-state index contributed by atoms with van der Waals surface area (Å²) in [4.78, 5) is 0. The van der Waals surface area contributed by atoms with Gasteiger partial charge in [0.2, 0.25) is 5.85 Å². The van der Waals surface area contributed by atoms with Crippen LogP contribution in [0.15, 0.2) is 23.8 Å². The van der Waals surface area contributed by atoms with Gasteiger partial charge in [-0.05, 0) is 49.9 Å². The maximum atomic E-state index is 14.7. The van der Waals surface area contributed by atoms with Gasteiger partial charge in [-0.25, -0.2) is 4.39 Å². The standard InChI is InChI=1S/C19H28FNO/c1-17-8-5-13(21)11-12(17)3-4-14-15(17)6-9-18(2)16(14)7-10-19(18,20)22/h3,5,8,13-16,22H,4,6-7,9-11,21H2,1-2H3/t13?,14-,15-,16+,17+,18+,19?/m1/s1. The average molecular weight is 305 g/mol. The van der Waals surface area contributed by atoms with Gasteiger partial charge in [0.1, 0.15) is 0 Å². The predicted octanol–water partition coefficient (Wildman–Crippen LogP) is 3.71. The van der Waals surface area contributed by atoms with Crippen LogP contribution in [-0.2, 0) is 0 Å². The first kappa shape index (κ1) is 14.9. The van der Waals surface area contributed by atoms with Crippen molar-refractivity contribution >= 4 is 0 Å². The molecule has 4 aliphatic carbocycles. The van der Waals surface area contributed by atoms with E-state index in [2.05, 4.69) is 25.2 Å². The number of hydrogen-bond donors (Lipinski definition) is 2. The number of hydrogen-bond acceptors (Lipinski definition) is 2. The molecule has 2 saturated carbocycles. The van der Waals surface area contributed by atoms with Gasteiger partial charge in [0.05, 0.1) is 0 Å². The Hall–Kier alpha value is -0.670. The number of rotatable bonds is 0. The molecule has 2 unspecified atom stereocenters. The maximum Gasteiger partial charge on any atom is 0.212 e. The third-order valence-electron chi connectivity index (χ3n) is 7.73. The molecule has 122 valence electrons. The number of fused-ring (bicyclic) bond motifs is 5. The number of nitrogens with two attached hydrogens (primary N) is 1. The van der Waals surface area contributed by atoms with E-state index in [1.54, 1.807) is 0 Å². The molecule has 4 aliphatic rings. The molecule has 22 heavy (non-hydrogen) atoms. The van der Waals surface area contributed by atoms with Crippen LogP contribution in [0.25, 0.3) is 0 Å². The fraction of sp³-hybridized carbons (Fsp3) is 0.789. The van der Waals surface area contributed by atoms with Crippen LogP contribution in [-0.4, -0.2) is 17.0 Å². The highest BCUT2D eigenvalue weighted by Gasteiger charge is 2.64. The summed E-state index contributed by atoms with van der Waals surface area (Å²) in [6.45, 7) is 4.33. The predicted molar refractivity (Wildman–Crippen MR) is 85.6 cm³/mol. The second kappa shape index (κ2) is 4.45. The van der Waals surface area contributed by atoms with Crippen LogP contribution in [0.2, 0.25) is 0 Å². The van der Waals surface area contributed by atoms with Crippen LogP contribution >= 0.6 is 0 Å². The van der Waals surface area contributed by atoms with Gasteiger partial charge in [-0.2, -0.15) is 0 Å². The Bertz CT molecular complexity index is 554. The molecule has 0 heterocycles. The SMILES string of the molecule is C[C@]12C=CC(N)CC1=CC[C@@H]1[C@H]2CC[C@@]2(C)[C@H]1CCC2(O)F. The highest BCUT2D eigenvalue weighted by molar-refractivity contribution is 5.33. The zero-order chi connectivity index (χ0) is 15.8. The summed E-state index contributed by atoms with van der Waals surface area (Å²) >= 11 is 0. The van der Waals surface area contributed by atoms with E-state index in [0.29, 0.717) is 24.2 Å². The van der Waals surface area contributed by atoms with Crippen molar-refractivity contribution in [2.24, 2.45) is 34.3 Å². The van der Waals surface area contributed by atoms with E-state index in [9.17, 15) is 9.50 Å². The van der Waals surface area contributed by atoms with E-state index in [1.165, 1.54) is 5.57 Å². The minimum atomic E-state index is -1.97. The molecular formula is C19H28FNO. The third kappa shape index (κ3) is 1.73. The zero-order valence-electron chi connectivity index (χ0n) is 13.7. The summed E-state index contributed by atoms with van der Waals surface area (Å²) in [5.41, 5.74) is 7.13. The monoisotopic (exact) mass is 305 g/mol. The first-order chi connectivity index (χ1) is 10.3. The van der Waals surface area contributed by atoms with Gasteiger partial charge < -0.3 is 10.8 Å². The Morgan fingerprint density at radius 1 is 1.23 bits per heavy atom. The highest BCUT2D eigenvalue weighted by Crippen LogP contribution is 2.66. The Labute approximate surface area is 132 Å². The van der Waals surface area contributed by atoms with Crippen LogP contribution in [0.3, 0.4) is 0 Å². The Morgan fingerprint density at radius 2 is 1.95 bits per heavy atom. The van der Waals surface area contributed by atoms with E-state index in [1.807, 2.05) is 6.92 Å². The molecule has 0 radical (unpaired) electrons. The molecule has 0 aromatic heterocycles. The minimum absolute atomic E-state index is 0.0944. The first-order valence-corrected chi connectivity index (χ1v) is 8.84. The van der Waals surface area contributed by atoms with Crippen molar-refractivity contribution < 1.29 is 9.50 Å². The molecule has 0 aromatic rings. The Balaban J connectivity index is 1.72. The minimum Gasteiger partial charge on any atom is -0.361 e. The third-order valence-corrected chi connectivity index (χ3v) is 7.73. The van der Waals surface area contributed by atoms with E-state index in [0.717, 1.165) is 32.1 Å². The van der Waals surface area contributed by atoms with Crippen molar-refractivity contribution in [2.45, 2.75) is 64.3 Å². The molecule has 4 rings (SSSR count). The quantitative estimate of drug-likeness (QED) is 0.670. The molecule has 0 amide bonds. The molecule has 3 N–H and O–H groups in total. The van der Waals surface area contributed by atoms with E-state index < -0.39 is 11.3 Å². The van der Waals surface area contributed by atoms with Crippen molar-refractivity contribution in [3.05, 3.63) is 23.8 Å². The molecule has 0 aromatic carbocycles. The van der Waals surface area contributed by atoms with E-state index in [-0.39, 0.29) is 11.5 Å². The number of alkyl halides is 1. The van der Waals surface area contributed by atoms with Gasteiger partial charge in [-0.3, -0.25) is 0 Å². The summed E-state index contributed by atoms with van der Waals surface area (Å²) in [5.74, 6) is -0.600. The van der Waals surface area contributed by atoms with Gasteiger partial charge in [-0.1, -0.05) is 37.6 Å². The molecule has 3 heteroatoms. The second-order valence-electron chi connectivity index (χ2n) is 8.61. The molecule has 0 spiro atoms. The fourth-order valence-electron chi connectivity index (χ4n) is 6.24. The van der Waals surface area contributed by atoms with Gasteiger partial charge in [-0.15, -0.1) is 0 Å². The van der Waals surface area contributed by atoms with Crippen LogP contribution in [0.1, 0.15) is 52.4 Å². The van der Waals surface area contributed by atoms with Gasteiger partial charge in [0.15, 0.2) is 0 Å². The van der Waals surface area contributed by atoms with Crippen LogP contribution in [0, 0.1) is 28.6 Å². The largest absolute Gasteiger partial charge is 0.361 e. The number of aliphatic hydroxyl groups is 1. The van der Waals surface area contributed by atoms with Crippen LogP contribution in [0.4, 0.5) is 4.39 Å². The maximum absolute atomic E-state index is 14.7. The molecule has 2 fully saturated rings. The van der Waals surface area contributed by atoms with Crippen LogP contribution in [0.5, 0.6) is 0 Å². The number of allylic oxidation sites excluding steroid dienone is 2. The van der Waals surface area contributed by atoms with E-state index >= 15 is 0 Å². The van der Waals surface area contributed by atoms with Crippen molar-refractivity contribution in [3.63, 3.8) is 0 Å². The van der Waals surface area contributed by atoms with E-state index in [4.69, 9.17) is 5.73 Å². The lowest BCUT2D eigenvalue weighted by atomic mass is 9.49. The molecule has 0 bridgehead atoms. The Morgan fingerprint density at radius 3 is 2.73 bits per heavy atom. The second-order valence-corrected chi connectivity index (χ2v) is 8.61. The molecular weight excluding hydrogens is 277 g/mol. The highest BCUT2D eigenvalue weighted by atomic mass is 19.2. The van der Waals surface area contributed by atoms with Crippen molar-refractivity contribution in [1.29, 1.82) is 0 Å². The summed E-state index contributed by atoms with van der Waals surface area (Å²) in [6.07, 6.45) is 11.8. The molecule has 2 nitrogen and oxygen atoms in total. The fourth-order valence-corrected chi connectivity index (χ4v) is 6.24. The lowest BCUT2D eigenvalue weighted by molar-refractivity contribution is -0.195. The van der Waals surface area contributed by atoms with Crippen LogP contribution < -0.4 is 5.73 Å². The lowest BCUT2D eigenvalue weighted by Gasteiger charge is -2.56. The molecule has 7 atom stereocenters. The Kier molecular flexibility index (Phi) is 3.01. The topological polar surface area (TPSA) is 46.2 Å². The summed E-state index contributed by atoms with van der Waals surface area (Å²) in [7, 11) is 0. The lowest BCUT2D eigenvalue weighted by Crippen LogP contribution is -2.52. The first-order valence-electron chi connectivity index (χ1n) is 8.84. The van der Waals surface area contributed by atoms with Crippen molar-refractivity contribution in [1.82, 2.24) is 0 Å². The van der Waals surface area contributed by atoms with Gasteiger partial charge in [0.25, 0.3) is 0 Å².